The number of nitrogens with zero attached hydrogens (tertiary/aromatic N) is 3. The molecule has 1 aromatic carbocycles. The number of aryl methyl sites for hydroxylation is 1. The maximum atomic E-state index is 13.9. The Balaban J connectivity index is 1.23. The van der Waals surface area contributed by atoms with Crippen molar-refractivity contribution in [2.45, 2.75) is 55.2 Å². The first-order valence-electron chi connectivity index (χ1n) is 11.3. The fraction of sp³-hybridized carbons (Fsp3) is 0.500. The van der Waals surface area contributed by atoms with Crippen LogP contribution in [0.15, 0.2) is 40.2 Å². The van der Waals surface area contributed by atoms with Gasteiger partial charge in [-0.3, -0.25) is 4.79 Å². The highest BCUT2D eigenvalue weighted by molar-refractivity contribution is 7.89. The molecular weight excluding hydrogens is 501 g/mol. The SMILES string of the molecule is Cn1ncc(N2CC[C@@H](OC(=O)NC3CCC(NS(=O)(=O)c4ccccc4F)CC3)C2)c(Cl)c1=O. The van der Waals surface area contributed by atoms with Crippen LogP contribution in [-0.4, -0.2) is 55.6 Å². The number of anilines is 1. The van der Waals surface area contributed by atoms with E-state index in [1.165, 1.54) is 31.4 Å². The number of carbonyl (C=O) groups is 1. The second-order valence-electron chi connectivity index (χ2n) is 8.78. The average Bonchev–Trinajstić information content (AvgIpc) is 3.26. The summed E-state index contributed by atoms with van der Waals surface area (Å²) in [5, 5.41) is 6.92. The molecule has 2 aromatic rings. The Morgan fingerprint density at radius 3 is 2.57 bits per heavy atom. The van der Waals surface area contributed by atoms with Gasteiger partial charge in [-0.1, -0.05) is 23.7 Å². The minimum Gasteiger partial charge on any atom is -0.444 e. The fourth-order valence-electron chi connectivity index (χ4n) is 4.42. The zero-order valence-corrected chi connectivity index (χ0v) is 20.7. The molecule has 0 radical (unpaired) electrons. The smallest absolute Gasteiger partial charge is 0.407 e. The molecule has 2 heterocycles. The van der Waals surface area contributed by atoms with Gasteiger partial charge >= 0.3 is 6.09 Å². The van der Waals surface area contributed by atoms with Crippen molar-refractivity contribution < 1.29 is 22.3 Å². The van der Waals surface area contributed by atoms with Gasteiger partial charge in [0, 0.05) is 32.1 Å². The van der Waals surface area contributed by atoms with Gasteiger partial charge in [0.2, 0.25) is 10.0 Å². The van der Waals surface area contributed by atoms with Crippen LogP contribution in [0.2, 0.25) is 5.02 Å². The molecule has 1 aliphatic heterocycles. The van der Waals surface area contributed by atoms with Crippen LogP contribution in [0, 0.1) is 5.82 Å². The van der Waals surface area contributed by atoms with Crippen LogP contribution in [-0.2, 0) is 21.8 Å². The summed E-state index contributed by atoms with van der Waals surface area (Å²) in [6.45, 7) is 0.965. The van der Waals surface area contributed by atoms with Gasteiger partial charge in [-0.15, -0.1) is 0 Å². The number of hydrogen-bond acceptors (Lipinski definition) is 7. The lowest BCUT2D eigenvalue weighted by molar-refractivity contribution is 0.102. The molecular formula is C22H27ClFN5O5S. The molecule has 1 atom stereocenters. The molecule has 0 unspecified atom stereocenters. The fourth-order valence-corrected chi connectivity index (χ4v) is 6.09. The third-order valence-corrected chi connectivity index (χ3v) is 8.23. The Hall–Kier alpha value is -2.70. The van der Waals surface area contributed by atoms with Crippen LogP contribution in [0.1, 0.15) is 32.1 Å². The molecule has 2 aliphatic rings. The molecule has 1 aliphatic carbocycles. The van der Waals surface area contributed by atoms with E-state index in [1.807, 2.05) is 4.90 Å². The molecule has 10 nitrogen and oxygen atoms in total. The van der Waals surface area contributed by atoms with E-state index in [9.17, 15) is 22.4 Å². The third-order valence-electron chi connectivity index (χ3n) is 6.32. The minimum atomic E-state index is -3.96. The molecule has 35 heavy (non-hydrogen) atoms. The maximum absolute atomic E-state index is 13.9. The van der Waals surface area contributed by atoms with Crippen LogP contribution in [0.4, 0.5) is 14.9 Å². The van der Waals surface area contributed by atoms with Crippen molar-refractivity contribution in [3.63, 3.8) is 0 Å². The Bertz CT molecular complexity index is 1250. The summed E-state index contributed by atoms with van der Waals surface area (Å²) in [7, 11) is -2.44. The molecule has 1 saturated heterocycles. The normalized spacial score (nSPS) is 22.7. The molecule has 1 aromatic heterocycles. The number of carbonyl (C=O) groups excluding carboxylic acids is 1. The first-order valence-corrected chi connectivity index (χ1v) is 13.2. The summed E-state index contributed by atoms with van der Waals surface area (Å²) in [5.74, 6) is -0.795. The third kappa shape index (κ3) is 5.93. The van der Waals surface area contributed by atoms with E-state index in [4.69, 9.17) is 16.3 Å². The average molecular weight is 528 g/mol. The lowest BCUT2D eigenvalue weighted by Gasteiger charge is -2.29. The van der Waals surface area contributed by atoms with Gasteiger partial charge in [-0.05, 0) is 37.8 Å². The standard InChI is InChI=1S/C22H27ClFN5O5S/c1-28-21(30)20(23)18(12-25-28)29-11-10-16(13-29)34-22(31)26-14-6-8-15(9-7-14)27-35(32,33)19-5-3-2-4-17(19)24/h2-5,12,14-16,27H,6-11,13H2,1H3,(H,26,31)/t14?,15?,16-/m1/s1. The molecule has 1 amide bonds. The highest BCUT2D eigenvalue weighted by atomic mass is 35.5. The molecule has 190 valence electrons. The van der Waals surface area contributed by atoms with Crippen molar-refractivity contribution in [3.05, 3.63) is 51.7 Å². The van der Waals surface area contributed by atoms with Crippen molar-refractivity contribution in [2.24, 2.45) is 7.05 Å². The van der Waals surface area contributed by atoms with Gasteiger partial charge in [0.15, 0.2) is 0 Å². The number of benzene rings is 1. The Labute approximate surface area is 207 Å². The number of hydrogen-bond donors (Lipinski definition) is 2. The molecule has 4 rings (SSSR count). The van der Waals surface area contributed by atoms with Gasteiger partial charge in [0.25, 0.3) is 5.56 Å². The number of alkyl carbamates (subject to hydrolysis) is 1. The van der Waals surface area contributed by atoms with E-state index in [0.717, 1.165) is 10.7 Å². The molecule has 2 N–H and O–H groups in total. The summed E-state index contributed by atoms with van der Waals surface area (Å²) in [5.41, 5.74) is 0.121. The zero-order valence-electron chi connectivity index (χ0n) is 19.1. The minimum absolute atomic E-state index is 0.0787. The van der Waals surface area contributed by atoms with Gasteiger partial charge in [-0.2, -0.15) is 5.10 Å². The number of rotatable bonds is 6. The van der Waals surface area contributed by atoms with E-state index < -0.39 is 27.5 Å². The van der Waals surface area contributed by atoms with Crippen LogP contribution in [0.25, 0.3) is 0 Å². The summed E-state index contributed by atoms with van der Waals surface area (Å²) in [6, 6.07) is 4.76. The van der Waals surface area contributed by atoms with E-state index in [0.29, 0.717) is 50.9 Å². The first-order chi connectivity index (χ1) is 16.6. The quantitative estimate of drug-likeness (QED) is 0.590. The largest absolute Gasteiger partial charge is 0.444 e. The van der Waals surface area contributed by atoms with E-state index in [-0.39, 0.29) is 28.1 Å². The number of halogens is 2. The predicted molar refractivity (Wildman–Crippen MR) is 127 cm³/mol. The number of ether oxygens (including phenoxy) is 1. The van der Waals surface area contributed by atoms with Crippen LogP contribution < -0.4 is 20.5 Å². The van der Waals surface area contributed by atoms with Gasteiger partial charge in [0.1, 0.15) is 21.8 Å². The van der Waals surface area contributed by atoms with Gasteiger partial charge < -0.3 is 15.0 Å². The van der Waals surface area contributed by atoms with Crippen LogP contribution in [0.3, 0.4) is 0 Å². The van der Waals surface area contributed by atoms with E-state index >= 15 is 0 Å². The lowest BCUT2D eigenvalue weighted by Crippen LogP contribution is -2.44. The predicted octanol–water partition coefficient (Wildman–Crippen LogP) is 2.17. The van der Waals surface area contributed by atoms with Gasteiger partial charge in [-0.25, -0.2) is 27.0 Å². The monoisotopic (exact) mass is 527 g/mol. The summed E-state index contributed by atoms with van der Waals surface area (Å²) < 4.78 is 48.1. The molecule has 2 fully saturated rings. The number of aromatic nitrogens is 2. The number of amides is 1. The van der Waals surface area contributed by atoms with Crippen molar-refractivity contribution >= 4 is 33.4 Å². The Kier molecular flexibility index (Phi) is 7.62. The summed E-state index contributed by atoms with van der Waals surface area (Å²) in [4.78, 5) is 25.9. The van der Waals surface area contributed by atoms with E-state index in [2.05, 4.69) is 15.1 Å². The Morgan fingerprint density at radius 2 is 1.86 bits per heavy atom. The first kappa shape index (κ1) is 25.4. The molecule has 13 heteroatoms. The topological polar surface area (TPSA) is 123 Å². The van der Waals surface area contributed by atoms with Crippen LogP contribution >= 0.6 is 11.6 Å². The highest BCUT2D eigenvalue weighted by Crippen LogP contribution is 2.26. The highest BCUT2D eigenvalue weighted by Gasteiger charge is 2.31. The zero-order chi connectivity index (χ0) is 25.2. The Morgan fingerprint density at radius 1 is 1.17 bits per heavy atom. The molecule has 0 bridgehead atoms. The molecule has 0 spiro atoms. The summed E-state index contributed by atoms with van der Waals surface area (Å²) in [6.07, 6.45) is 3.33. The maximum Gasteiger partial charge on any atom is 0.407 e. The number of nitrogens with one attached hydrogen (secondary N) is 2. The van der Waals surface area contributed by atoms with Crippen molar-refractivity contribution in [2.75, 3.05) is 18.0 Å². The summed E-state index contributed by atoms with van der Waals surface area (Å²) >= 11 is 6.16. The second kappa shape index (κ2) is 10.5. The molecule has 1 saturated carbocycles. The second-order valence-corrected chi connectivity index (χ2v) is 10.8. The van der Waals surface area contributed by atoms with E-state index in [1.54, 1.807) is 0 Å². The number of sulfonamides is 1. The van der Waals surface area contributed by atoms with Crippen molar-refractivity contribution in [3.8, 4) is 0 Å². The van der Waals surface area contributed by atoms with Gasteiger partial charge in [0.05, 0.1) is 18.4 Å². The lowest BCUT2D eigenvalue weighted by atomic mass is 9.92. The van der Waals surface area contributed by atoms with Crippen LogP contribution in [0.5, 0.6) is 0 Å². The van der Waals surface area contributed by atoms with Crippen molar-refractivity contribution in [1.29, 1.82) is 0 Å². The van der Waals surface area contributed by atoms with Crippen molar-refractivity contribution in [1.82, 2.24) is 19.8 Å².